The van der Waals surface area contributed by atoms with Gasteiger partial charge in [0, 0.05) is 9.13 Å². The maximum atomic E-state index is 12.6. The van der Waals surface area contributed by atoms with Crippen molar-refractivity contribution >= 4 is 28.5 Å². The summed E-state index contributed by atoms with van der Waals surface area (Å²) in [6, 6.07) is 5.36. The Morgan fingerprint density at radius 3 is 2.56 bits per heavy atom. The van der Waals surface area contributed by atoms with Crippen molar-refractivity contribution in [1.29, 1.82) is 0 Å². The summed E-state index contributed by atoms with van der Waals surface area (Å²) in [5.74, 6) is -3.01. The Labute approximate surface area is 106 Å². The van der Waals surface area contributed by atoms with Gasteiger partial charge in [0.05, 0.1) is 13.1 Å². The first kappa shape index (κ1) is 11.8. The lowest BCUT2D eigenvalue weighted by Crippen LogP contribution is -2.58. The largest absolute Gasteiger partial charge is 0.326 e. The minimum Gasteiger partial charge on any atom is -0.326 e. The highest BCUT2D eigenvalue weighted by Gasteiger charge is 2.46. The fourth-order valence-electron chi connectivity index (χ4n) is 1.69. The molecule has 1 aliphatic heterocycles. The van der Waals surface area contributed by atoms with Gasteiger partial charge in [-0.05, 0) is 53.3 Å². The molecule has 1 aliphatic rings. The van der Waals surface area contributed by atoms with Crippen LogP contribution >= 0.6 is 22.6 Å². The number of halogens is 3. The van der Waals surface area contributed by atoms with Crippen LogP contribution in [0.1, 0.15) is 15.9 Å². The normalized spacial score (nSPS) is 18.1. The highest BCUT2D eigenvalue weighted by Crippen LogP contribution is 2.28. The number of carbonyl (C=O) groups is 1. The Kier molecular flexibility index (Phi) is 2.90. The molecule has 1 aromatic rings. The third kappa shape index (κ3) is 2.18. The number of hydrogen-bond donors (Lipinski definition) is 0. The Morgan fingerprint density at radius 1 is 1.44 bits per heavy atom. The SMILES string of the molecule is Cc1cc(I)ccc1C(=O)N1CC(F)(F)C1. The van der Waals surface area contributed by atoms with E-state index in [0.29, 0.717) is 5.56 Å². The van der Waals surface area contributed by atoms with Crippen LogP contribution in [-0.2, 0) is 0 Å². The number of amides is 1. The highest BCUT2D eigenvalue weighted by atomic mass is 127. The zero-order valence-electron chi connectivity index (χ0n) is 8.64. The number of hydrogen-bond acceptors (Lipinski definition) is 1. The van der Waals surface area contributed by atoms with Crippen LogP contribution in [0.25, 0.3) is 0 Å². The van der Waals surface area contributed by atoms with Gasteiger partial charge in [-0.25, -0.2) is 8.78 Å². The monoisotopic (exact) mass is 337 g/mol. The number of nitrogens with zero attached hydrogens (tertiary/aromatic N) is 1. The molecule has 1 saturated heterocycles. The fraction of sp³-hybridized carbons (Fsp3) is 0.364. The zero-order valence-corrected chi connectivity index (χ0v) is 10.8. The van der Waals surface area contributed by atoms with Gasteiger partial charge in [-0.2, -0.15) is 0 Å². The molecule has 0 N–H and O–H groups in total. The number of carbonyl (C=O) groups excluding carboxylic acids is 1. The van der Waals surface area contributed by atoms with E-state index in [1.165, 1.54) is 4.90 Å². The summed E-state index contributed by atoms with van der Waals surface area (Å²) in [5, 5.41) is 0. The summed E-state index contributed by atoms with van der Waals surface area (Å²) < 4.78 is 26.3. The maximum Gasteiger partial charge on any atom is 0.282 e. The maximum absolute atomic E-state index is 12.6. The van der Waals surface area contributed by atoms with E-state index in [2.05, 4.69) is 22.6 Å². The van der Waals surface area contributed by atoms with E-state index in [1.807, 2.05) is 13.0 Å². The average molecular weight is 337 g/mol. The molecule has 0 spiro atoms. The summed E-state index contributed by atoms with van der Waals surface area (Å²) in [4.78, 5) is 13.0. The Hall–Kier alpha value is -0.720. The first-order valence-electron chi connectivity index (χ1n) is 4.82. The molecule has 0 unspecified atom stereocenters. The van der Waals surface area contributed by atoms with E-state index >= 15 is 0 Å². The van der Waals surface area contributed by atoms with Gasteiger partial charge >= 0.3 is 0 Å². The molecular formula is C11H10F2INO. The molecule has 2 rings (SSSR count). The van der Waals surface area contributed by atoms with E-state index in [4.69, 9.17) is 0 Å². The van der Waals surface area contributed by atoms with Crippen LogP contribution < -0.4 is 0 Å². The van der Waals surface area contributed by atoms with Gasteiger partial charge in [0.2, 0.25) is 0 Å². The van der Waals surface area contributed by atoms with Crippen LogP contribution in [0.5, 0.6) is 0 Å². The van der Waals surface area contributed by atoms with Crippen LogP contribution in [0.2, 0.25) is 0 Å². The lowest BCUT2D eigenvalue weighted by atomic mass is 10.0. The Bertz CT molecular complexity index is 440. The zero-order chi connectivity index (χ0) is 11.9. The van der Waals surface area contributed by atoms with Crippen molar-refractivity contribution in [2.24, 2.45) is 0 Å². The molecule has 5 heteroatoms. The molecule has 0 bridgehead atoms. The second-order valence-electron chi connectivity index (χ2n) is 3.98. The van der Waals surface area contributed by atoms with Crippen molar-refractivity contribution in [2.75, 3.05) is 13.1 Å². The first-order valence-corrected chi connectivity index (χ1v) is 5.90. The summed E-state index contributed by atoms with van der Waals surface area (Å²) in [6.45, 7) is 0.891. The topological polar surface area (TPSA) is 20.3 Å². The predicted molar refractivity (Wildman–Crippen MR) is 64.7 cm³/mol. The predicted octanol–water partition coefficient (Wildman–Crippen LogP) is 2.69. The molecule has 0 aliphatic carbocycles. The Morgan fingerprint density at radius 2 is 2.06 bits per heavy atom. The molecular weight excluding hydrogens is 327 g/mol. The van der Waals surface area contributed by atoms with Crippen molar-refractivity contribution in [1.82, 2.24) is 4.90 Å². The van der Waals surface area contributed by atoms with Crippen LogP contribution in [0.4, 0.5) is 8.78 Å². The van der Waals surface area contributed by atoms with E-state index in [9.17, 15) is 13.6 Å². The third-order valence-corrected chi connectivity index (χ3v) is 3.22. The number of benzene rings is 1. The van der Waals surface area contributed by atoms with Gasteiger partial charge < -0.3 is 4.90 Å². The van der Waals surface area contributed by atoms with E-state index in [-0.39, 0.29) is 5.91 Å². The van der Waals surface area contributed by atoms with Crippen LogP contribution in [0.3, 0.4) is 0 Å². The van der Waals surface area contributed by atoms with Crippen molar-refractivity contribution in [3.05, 3.63) is 32.9 Å². The minimum absolute atomic E-state index is 0.306. The average Bonchev–Trinajstić information content (AvgIpc) is 2.13. The molecule has 1 fully saturated rings. The van der Waals surface area contributed by atoms with Gasteiger partial charge in [-0.1, -0.05) is 0 Å². The van der Waals surface area contributed by atoms with Crippen molar-refractivity contribution in [3.63, 3.8) is 0 Å². The molecule has 0 radical (unpaired) electrons. The summed E-state index contributed by atoms with van der Waals surface area (Å²) in [5.41, 5.74) is 1.34. The summed E-state index contributed by atoms with van der Waals surface area (Å²) >= 11 is 2.15. The smallest absolute Gasteiger partial charge is 0.282 e. The van der Waals surface area contributed by atoms with E-state index < -0.39 is 19.0 Å². The van der Waals surface area contributed by atoms with Gasteiger partial charge in [0.1, 0.15) is 0 Å². The van der Waals surface area contributed by atoms with Crippen molar-refractivity contribution < 1.29 is 13.6 Å². The summed E-state index contributed by atoms with van der Waals surface area (Å²) in [6.07, 6.45) is 0. The molecule has 86 valence electrons. The molecule has 0 saturated carbocycles. The molecule has 0 aromatic heterocycles. The van der Waals surface area contributed by atoms with E-state index in [1.54, 1.807) is 12.1 Å². The summed E-state index contributed by atoms with van der Waals surface area (Å²) in [7, 11) is 0. The van der Waals surface area contributed by atoms with Crippen LogP contribution in [0.15, 0.2) is 18.2 Å². The lowest BCUT2D eigenvalue weighted by Gasteiger charge is -2.38. The molecule has 2 nitrogen and oxygen atoms in total. The number of alkyl halides is 2. The van der Waals surface area contributed by atoms with Gasteiger partial charge in [0.25, 0.3) is 11.8 Å². The fourth-order valence-corrected chi connectivity index (χ4v) is 2.34. The number of rotatable bonds is 1. The van der Waals surface area contributed by atoms with Crippen molar-refractivity contribution in [2.45, 2.75) is 12.8 Å². The lowest BCUT2D eigenvalue weighted by molar-refractivity contribution is -0.113. The molecule has 1 aromatic carbocycles. The first-order chi connectivity index (χ1) is 7.39. The number of aryl methyl sites for hydroxylation is 1. The molecule has 1 heterocycles. The Balaban J connectivity index is 2.16. The third-order valence-electron chi connectivity index (χ3n) is 2.55. The van der Waals surface area contributed by atoms with Crippen LogP contribution in [-0.4, -0.2) is 29.8 Å². The number of likely N-dealkylation sites (tertiary alicyclic amines) is 1. The molecule has 16 heavy (non-hydrogen) atoms. The molecule has 0 atom stereocenters. The standard InChI is InChI=1S/C11H10F2INO/c1-7-4-8(14)2-3-9(7)10(16)15-5-11(12,13)6-15/h2-4H,5-6H2,1H3. The van der Waals surface area contributed by atoms with Crippen LogP contribution in [0, 0.1) is 10.5 Å². The quantitative estimate of drug-likeness (QED) is 0.722. The van der Waals surface area contributed by atoms with Gasteiger partial charge in [-0.15, -0.1) is 0 Å². The van der Waals surface area contributed by atoms with E-state index in [0.717, 1.165) is 9.13 Å². The van der Waals surface area contributed by atoms with Crippen molar-refractivity contribution in [3.8, 4) is 0 Å². The highest BCUT2D eigenvalue weighted by molar-refractivity contribution is 14.1. The van der Waals surface area contributed by atoms with Gasteiger partial charge in [0.15, 0.2) is 0 Å². The van der Waals surface area contributed by atoms with Gasteiger partial charge in [-0.3, -0.25) is 4.79 Å². The second kappa shape index (κ2) is 3.94. The molecule has 1 amide bonds. The minimum atomic E-state index is -2.70. The second-order valence-corrected chi connectivity index (χ2v) is 5.22.